The summed E-state index contributed by atoms with van der Waals surface area (Å²) >= 11 is 5.69. The fourth-order valence-corrected chi connectivity index (χ4v) is 2.81. The van der Waals surface area contributed by atoms with Gasteiger partial charge in [0.05, 0.1) is 4.90 Å². The summed E-state index contributed by atoms with van der Waals surface area (Å²) in [5.41, 5.74) is 0.583. The maximum atomic E-state index is 12.1. The van der Waals surface area contributed by atoms with E-state index in [0.29, 0.717) is 10.6 Å². The molecule has 2 aromatic rings. The number of nitrogens with one attached hydrogen (secondary N) is 1. The van der Waals surface area contributed by atoms with Gasteiger partial charge in [0.1, 0.15) is 0 Å². The second-order valence-electron chi connectivity index (χ2n) is 4.52. The largest absolute Gasteiger partial charge is 0.295 e. The first-order valence-corrected chi connectivity index (χ1v) is 8.09. The van der Waals surface area contributed by atoms with Gasteiger partial charge in [-0.25, -0.2) is 13.1 Å². The van der Waals surface area contributed by atoms with Crippen LogP contribution in [0.1, 0.15) is 27.6 Å². The van der Waals surface area contributed by atoms with E-state index in [1.54, 1.807) is 0 Å². The molecule has 2 aromatic carbocycles. The van der Waals surface area contributed by atoms with Crippen molar-refractivity contribution in [2.45, 2.75) is 11.8 Å². The zero-order chi connectivity index (χ0) is 16.3. The Morgan fingerprint density at radius 1 is 0.909 bits per heavy atom. The van der Waals surface area contributed by atoms with Crippen molar-refractivity contribution >= 4 is 33.3 Å². The molecule has 0 aliphatic heterocycles. The molecule has 0 fully saturated rings. The molecule has 0 unspecified atom stereocenters. The van der Waals surface area contributed by atoms with E-state index in [-0.39, 0.29) is 16.2 Å². The Morgan fingerprint density at radius 2 is 1.41 bits per heavy atom. The fraction of sp³-hybridized carbons (Fsp3) is 0.0667. The predicted molar refractivity (Wildman–Crippen MR) is 82.6 cm³/mol. The molecule has 1 amide bonds. The van der Waals surface area contributed by atoms with Crippen LogP contribution >= 0.6 is 11.6 Å². The number of Topliss-reactive ketones (excluding diaryl/α,β-unsaturated/α-hetero) is 1. The molecule has 22 heavy (non-hydrogen) atoms. The number of ketones is 1. The van der Waals surface area contributed by atoms with Gasteiger partial charge in [0.15, 0.2) is 5.78 Å². The molecule has 0 bridgehead atoms. The van der Waals surface area contributed by atoms with Crippen LogP contribution in [-0.4, -0.2) is 20.1 Å². The first-order valence-electron chi connectivity index (χ1n) is 6.23. The van der Waals surface area contributed by atoms with Crippen molar-refractivity contribution in [2.24, 2.45) is 0 Å². The molecule has 0 spiro atoms. The number of hydrogen-bond donors (Lipinski definition) is 1. The summed E-state index contributed by atoms with van der Waals surface area (Å²) in [6.45, 7) is 1.40. The Kier molecular flexibility index (Phi) is 4.63. The molecule has 0 radical (unpaired) electrons. The summed E-state index contributed by atoms with van der Waals surface area (Å²) in [6, 6.07) is 11.2. The quantitative estimate of drug-likeness (QED) is 0.870. The molecule has 5 nitrogen and oxygen atoms in total. The molecule has 0 aliphatic rings. The molecule has 0 heterocycles. The lowest BCUT2D eigenvalue weighted by molar-refractivity contribution is 0.0977. The highest BCUT2D eigenvalue weighted by atomic mass is 35.5. The molecule has 0 saturated carbocycles. The Balaban J connectivity index is 2.20. The maximum Gasteiger partial charge on any atom is 0.264 e. The molecule has 2 rings (SSSR count). The zero-order valence-corrected chi connectivity index (χ0v) is 13.1. The zero-order valence-electron chi connectivity index (χ0n) is 11.5. The topological polar surface area (TPSA) is 80.3 Å². The van der Waals surface area contributed by atoms with Gasteiger partial charge < -0.3 is 0 Å². The van der Waals surface area contributed by atoms with Gasteiger partial charge in [-0.15, -0.1) is 0 Å². The third kappa shape index (κ3) is 3.72. The Bertz CT molecular complexity index is 812. The molecular formula is C15H12ClNO4S. The van der Waals surface area contributed by atoms with Gasteiger partial charge >= 0.3 is 0 Å². The highest BCUT2D eigenvalue weighted by Crippen LogP contribution is 2.14. The number of hydrogen-bond acceptors (Lipinski definition) is 4. The number of benzene rings is 2. The lowest BCUT2D eigenvalue weighted by atomic mass is 10.1. The average Bonchev–Trinajstić information content (AvgIpc) is 2.47. The van der Waals surface area contributed by atoms with Crippen LogP contribution in [0.3, 0.4) is 0 Å². The van der Waals surface area contributed by atoms with Crippen LogP contribution in [-0.2, 0) is 10.0 Å². The highest BCUT2D eigenvalue weighted by Gasteiger charge is 2.18. The minimum absolute atomic E-state index is 0.0643. The number of sulfonamides is 1. The van der Waals surface area contributed by atoms with E-state index in [0.717, 1.165) is 0 Å². The van der Waals surface area contributed by atoms with Crippen molar-refractivity contribution in [2.75, 3.05) is 0 Å². The molecule has 0 aliphatic carbocycles. The van der Waals surface area contributed by atoms with Gasteiger partial charge in [0.25, 0.3) is 15.9 Å². The first-order chi connectivity index (χ1) is 10.3. The van der Waals surface area contributed by atoms with Gasteiger partial charge in [0.2, 0.25) is 0 Å². The van der Waals surface area contributed by atoms with Crippen LogP contribution in [0.25, 0.3) is 0 Å². The van der Waals surface area contributed by atoms with Crippen molar-refractivity contribution in [1.29, 1.82) is 0 Å². The van der Waals surface area contributed by atoms with Crippen molar-refractivity contribution < 1.29 is 18.0 Å². The molecule has 114 valence electrons. The van der Waals surface area contributed by atoms with Crippen molar-refractivity contribution in [3.05, 3.63) is 64.7 Å². The third-order valence-electron chi connectivity index (χ3n) is 2.90. The van der Waals surface area contributed by atoms with E-state index in [1.807, 2.05) is 4.72 Å². The number of carbonyl (C=O) groups is 2. The summed E-state index contributed by atoms with van der Waals surface area (Å²) in [5.74, 6) is -0.911. The molecule has 1 N–H and O–H groups in total. The Morgan fingerprint density at radius 3 is 1.91 bits per heavy atom. The molecule has 7 heteroatoms. The van der Waals surface area contributed by atoms with Gasteiger partial charge in [0, 0.05) is 16.1 Å². The van der Waals surface area contributed by atoms with E-state index in [2.05, 4.69) is 0 Å². The second-order valence-corrected chi connectivity index (χ2v) is 6.64. The molecular weight excluding hydrogens is 326 g/mol. The summed E-state index contributed by atoms with van der Waals surface area (Å²) in [5, 5.41) is 0.394. The predicted octanol–water partition coefficient (Wildman–Crippen LogP) is 2.66. The number of amides is 1. The monoisotopic (exact) mass is 337 g/mol. The van der Waals surface area contributed by atoms with Crippen molar-refractivity contribution in [1.82, 2.24) is 4.72 Å². The van der Waals surface area contributed by atoms with Gasteiger partial charge in [-0.1, -0.05) is 23.7 Å². The molecule has 0 saturated heterocycles. The van der Waals surface area contributed by atoms with E-state index in [1.165, 1.54) is 55.5 Å². The number of halogens is 1. The normalized spacial score (nSPS) is 11.0. The van der Waals surface area contributed by atoms with Gasteiger partial charge in [-0.05, 0) is 43.3 Å². The molecule has 0 aromatic heterocycles. The second kappa shape index (κ2) is 6.29. The first kappa shape index (κ1) is 16.2. The van der Waals surface area contributed by atoms with E-state index >= 15 is 0 Å². The standard InChI is InChI=1S/C15H12ClNO4S/c1-10(18)11-2-4-12(5-3-11)15(19)17-22(20,21)14-8-6-13(16)7-9-14/h2-9H,1H3,(H,17,19). The lowest BCUT2D eigenvalue weighted by Gasteiger charge is -2.07. The van der Waals surface area contributed by atoms with Crippen LogP contribution in [0.15, 0.2) is 53.4 Å². The SMILES string of the molecule is CC(=O)c1ccc(C(=O)NS(=O)(=O)c2ccc(Cl)cc2)cc1. The average molecular weight is 338 g/mol. The van der Waals surface area contributed by atoms with Gasteiger partial charge in [-0.3, -0.25) is 9.59 Å². The van der Waals surface area contributed by atoms with Crippen molar-refractivity contribution in [3.8, 4) is 0 Å². The highest BCUT2D eigenvalue weighted by molar-refractivity contribution is 7.90. The van der Waals surface area contributed by atoms with Crippen LogP contribution < -0.4 is 4.72 Å². The Hall–Kier alpha value is -2.18. The Labute approximate surface area is 133 Å². The number of carbonyl (C=O) groups excluding carboxylic acids is 2. The summed E-state index contributed by atoms with van der Waals surface area (Å²) < 4.78 is 26.1. The lowest BCUT2D eigenvalue weighted by Crippen LogP contribution is -2.30. The summed E-state index contributed by atoms with van der Waals surface area (Å²) in [6.07, 6.45) is 0. The fourth-order valence-electron chi connectivity index (χ4n) is 1.71. The van der Waals surface area contributed by atoms with Crippen molar-refractivity contribution in [3.63, 3.8) is 0 Å². The van der Waals surface area contributed by atoms with Gasteiger partial charge in [-0.2, -0.15) is 0 Å². The van der Waals surface area contributed by atoms with Crippen LogP contribution in [0, 0.1) is 0 Å². The number of rotatable bonds is 4. The molecule has 0 atom stereocenters. The van der Waals surface area contributed by atoms with E-state index in [9.17, 15) is 18.0 Å². The van der Waals surface area contributed by atoms with Crippen LogP contribution in [0.2, 0.25) is 5.02 Å². The van der Waals surface area contributed by atoms with E-state index < -0.39 is 15.9 Å². The third-order valence-corrected chi connectivity index (χ3v) is 4.50. The van der Waals surface area contributed by atoms with Crippen LogP contribution in [0.4, 0.5) is 0 Å². The minimum Gasteiger partial charge on any atom is -0.295 e. The van der Waals surface area contributed by atoms with Crippen LogP contribution in [0.5, 0.6) is 0 Å². The summed E-state index contributed by atoms with van der Waals surface area (Å²) in [4.78, 5) is 23.1. The maximum absolute atomic E-state index is 12.1. The summed E-state index contributed by atoms with van der Waals surface area (Å²) in [7, 11) is -3.98. The smallest absolute Gasteiger partial charge is 0.264 e. The van der Waals surface area contributed by atoms with E-state index in [4.69, 9.17) is 11.6 Å². The minimum atomic E-state index is -3.98.